The minimum Gasteiger partial charge on any atom is -0.495 e. The Bertz CT molecular complexity index is 753. The van der Waals surface area contributed by atoms with Crippen LogP contribution in [0.4, 0.5) is 0 Å². The molecule has 1 aliphatic rings. The Kier molecular flexibility index (Phi) is 5.46. The third-order valence-corrected chi connectivity index (χ3v) is 6.39. The number of hydrogen-bond donors (Lipinski definition) is 2. The first kappa shape index (κ1) is 19.7. The lowest BCUT2D eigenvalue weighted by atomic mass is 9.87. The van der Waals surface area contributed by atoms with Crippen molar-refractivity contribution in [1.82, 2.24) is 4.31 Å². The molecule has 2 N–H and O–H groups in total. The zero-order valence-corrected chi connectivity index (χ0v) is 15.7. The number of methoxy groups -OCH3 is 1. The van der Waals surface area contributed by atoms with E-state index in [4.69, 9.17) is 4.74 Å². The van der Waals surface area contributed by atoms with Gasteiger partial charge in [0, 0.05) is 13.1 Å². The average Bonchev–Trinajstić information content (AvgIpc) is 2.53. The Hall–Kier alpha value is -1.64. The number of rotatable bonds is 4. The number of piperidine rings is 1. The van der Waals surface area contributed by atoms with Crippen LogP contribution in [-0.2, 0) is 20.2 Å². The highest BCUT2D eigenvalue weighted by Crippen LogP contribution is 2.34. The molecule has 0 aromatic heterocycles. The number of sulfonamides is 1. The summed E-state index contributed by atoms with van der Waals surface area (Å²) in [5.74, 6) is -2.13. The standard InChI is InChI=1S/C17H25NO6S/c1-17(2,3)11-5-6-14(24-4)15(9-11)25(22,23)18-8-7-13(19)12(10-18)16(20)21/h5-6,9,12-13,19H,7-8,10H2,1-4H3,(H,20,21)/t12-,13+/m0/s1. The molecule has 1 heterocycles. The molecule has 0 aliphatic carbocycles. The van der Waals surface area contributed by atoms with Gasteiger partial charge in [0.2, 0.25) is 10.0 Å². The summed E-state index contributed by atoms with van der Waals surface area (Å²) in [6.45, 7) is 5.73. The lowest BCUT2D eigenvalue weighted by molar-refractivity contribution is -0.147. The fourth-order valence-electron chi connectivity index (χ4n) is 2.85. The average molecular weight is 371 g/mol. The van der Waals surface area contributed by atoms with E-state index in [0.29, 0.717) is 0 Å². The third kappa shape index (κ3) is 3.96. The number of benzene rings is 1. The van der Waals surface area contributed by atoms with Crippen LogP contribution in [-0.4, -0.2) is 55.2 Å². The quantitative estimate of drug-likeness (QED) is 0.830. The van der Waals surface area contributed by atoms with Crippen LogP contribution in [0, 0.1) is 5.92 Å². The van der Waals surface area contributed by atoms with Gasteiger partial charge in [-0.25, -0.2) is 8.42 Å². The SMILES string of the molecule is COc1ccc(C(C)(C)C)cc1S(=O)(=O)N1CC[C@@H](O)[C@@H](C(=O)O)C1. The summed E-state index contributed by atoms with van der Waals surface area (Å²) < 4.78 is 32.5. The van der Waals surface area contributed by atoms with Gasteiger partial charge in [-0.2, -0.15) is 4.31 Å². The molecule has 1 aromatic rings. The molecule has 0 unspecified atom stereocenters. The largest absolute Gasteiger partial charge is 0.495 e. The molecule has 0 bridgehead atoms. The maximum absolute atomic E-state index is 13.1. The van der Waals surface area contributed by atoms with Crippen LogP contribution in [0.3, 0.4) is 0 Å². The summed E-state index contributed by atoms with van der Waals surface area (Å²) in [6, 6.07) is 5.01. The van der Waals surface area contributed by atoms with E-state index in [-0.39, 0.29) is 35.6 Å². The molecule has 140 valence electrons. The summed E-state index contributed by atoms with van der Waals surface area (Å²) >= 11 is 0. The predicted molar refractivity (Wildman–Crippen MR) is 92.2 cm³/mol. The van der Waals surface area contributed by atoms with Gasteiger partial charge in [-0.1, -0.05) is 26.8 Å². The predicted octanol–water partition coefficient (Wildman–Crippen LogP) is 1.45. The molecule has 1 saturated heterocycles. The van der Waals surface area contributed by atoms with E-state index in [1.807, 2.05) is 26.8 Å². The Labute approximate surface area is 148 Å². The molecule has 1 aliphatic heterocycles. The first-order valence-corrected chi connectivity index (χ1v) is 9.52. The lowest BCUT2D eigenvalue weighted by Crippen LogP contribution is -2.48. The molecular formula is C17H25NO6S. The van der Waals surface area contributed by atoms with E-state index >= 15 is 0 Å². The summed E-state index contributed by atoms with van der Waals surface area (Å²) in [7, 11) is -2.55. The summed E-state index contributed by atoms with van der Waals surface area (Å²) in [4.78, 5) is 11.3. The van der Waals surface area contributed by atoms with Crippen molar-refractivity contribution in [2.75, 3.05) is 20.2 Å². The molecule has 1 fully saturated rings. The number of hydrogen-bond acceptors (Lipinski definition) is 5. The van der Waals surface area contributed by atoms with E-state index in [1.54, 1.807) is 12.1 Å². The van der Waals surface area contributed by atoms with Gasteiger partial charge in [0.1, 0.15) is 10.6 Å². The summed E-state index contributed by atoms with van der Waals surface area (Å²) in [5.41, 5.74) is 0.580. The number of aliphatic hydroxyl groups is 1. The molecule has 1 aromatic carbocycles. The number of nitrogens with zero attached hydrogens (tertiary/aromatic N) is 1. The van der Waals surface area contributed by atoms with Crippen LogP contribution in [0.15, 0.2) is 23.1 Å². The lowest BCUT2D eigenvalue weighted by Gasteiger charge is -2.33. The molecule has 0 amide bonds. The van der Waals surface area contributed by atoms with Crippen LogP contribution < -0.4 is 4.74 Å². The van der Waals surface area contributed by atoms with Crippen molar-refractivity contribution in [2.24, 2.45) is 5.92 Å². The van der Waals surface area contributed by atoms with Crippen molar-refractivity contribution in [3.63, 3.8) is 0 Å². The van der Waals surface area contributed by atoms with Gasteiger partial charge in [0.05, 0.1) is 19.1 Å². The van der Waals surface area contributed by atoms with E-state index in [9.17, 15) is 23.4 Å². The van der Waals surface area contributed by atoms with E-state index in [2.05, 4.69) is 0 Å². The number of aliphatic hydroxyl groups excluding tert-OH is 1. The molecule has 2 rings (SSSR count). The van der Waals surface area contributed by atoms with Gasteiger partial charge >= 0.3 is 5.97 Å². The molecular weight excluding hydrogens is 346 g/mol. The maximum Gasteiger partial charge on any atom is 0.310 e. The van der Waals surface area contributed by atoms with Crippen molar-refractivity contribution in [1.29, 1.82) is 0 Å². The second-order valence-corrected chi connectivity index (χ2v) is 9.19. The van der Waals surface area contributed by atoms with Gasteiger partial charge in [0.15, 0.2) is 0 Å². The number of carboxylic acids is 1. The van der Waals surface area contributed by atoms with E-state index < -0.39 is 28.0 Å². The second kappa shape index (κ2) is 6.93. The highest BCUT2D eigenvalue weighted by molar-refractivity contribution is 7.89. The zero-order valence-electron chi connectivity index (χ0n) is 14.9. The Morgan fingerprint density at radius 1 is 1.32 bits per heavy atom. The Morgan fingerprint density at radius 2 is 1.96 bits per heavy atom. The fraction of sp³-hybridized carbons (Fsp3) is 0.588. The topological polar surface area (TPSA) is 104 Å². The summed E-state index contributed by atoms with van der Waals surface area (Å²) in [5, 5.41) is 19.0. The molecule has 25 heavy (non-hydrogen) atoms. The normalized spacial score (nSPS) is 22.6. The fourth-order valence-corrected chi connectivity index (χ4v) is 4.52. The molecule has 0 saturated carbocycles. The summed E-state index contributed by atoms with van der Waals surface area (Å²) in [6.07, 6.45) is -0.968. The van der Waals surface area contributed by atoms with Crippen molar-refractivity contribution in [2.45, 2.75) is 43.6 Å². The number of carboxylic acid groups (broad SMARTS) is 1. The molecule has 8 heteroatoms. The first-order valence-electron chi connectivity index (χ1n) is 8.08. The first-order chi connectivity index (χ1) is 11.5. The molecule has 2 atom stereocenters. The minimum absolute atomic E-state index is 0.0166. The van der Waals surface area contributed by atoms with Crippen molar-refractivity contribution >= 4 is 16.0 Å². The van der Waals surface area contributed by atoms with Crippen molar-refractivity contribution in [3.8, 4) is 5.75 Å². The Morgan fingerprint density at radius 3 is 2.48 bits per heavy atom. The van der Waals surface area contributed by atoms with Gasteiger partial charge in [0.25, 0.3) is 0 Å². The van der Waals surface area contributed by atoms with Crippen molar-refractivity contribution in [3.05, 3.63) is 23.8 Å². The third-order valence-electron chi connectivity index (χ3n) is 4.50. The van der Waals surface area contributed by atoms with Gasteiger partial charge < -0.3 is 14.9 Å². The number of carbonyl (C=O) groups is 1. The Balaban J connectivity index is 2.47. The molecule has 7 nitrogen and oxygen atoms in total. The van der Waals surface area contributed by atoms with Crippen LogP contribution in [0.25, 0.3) is 0 Å². The van der Waals surface area contributed by atoms with E-state index in [1.165, 1.54) is 7.11 Å². The highest BCUT2D eigenvalue weighted by Gasteiger charge is 2.39. The minimum atomic E-state index is -3.94. The smallest absolute Gasteiger partial charge is 0.310 e. The van der Waals surface area contributed by atoms with Gasteiger partial charge in [-0.15, -0.1) is 0 Å². The zero-order chi connectivity index (χ0) is 19.0. The highest BCUT2D eigenvalue weighted by atomic mass is 32.2. The number of ether oxygens (including phenoxy) is 1. The van der Waals surface area contributed by atoms with Crippen LogP contribution in [0.2, 0.25) is 0 Å². The van der Waals surface area contributed by atoms with Crippen molar-refractivity contribution < 1.29 is 28.2 Å². The van der Waals surface area contributed by atoms with Crippen LogP contribution in [0.5, 0.6) is 5.75 Å². The van der Waals surface area contributed by atoms with Gasteiger partial charge in [-0.05, 0) is 29.5 Å². The monoisotopic (exact) mass is 371 g/mol. The van der Waals surface area contributed by atoms with Crippen LogP contribution in [0.1, 0.15) is 32.8 Å². The molecule has 0 spiro atoms. The molecule has 0 radical (unpaired) electrons. The van der Waals surface area contributed by atoms with Crippen LogP contribution >= 0.6 is 0 Å². The second-order valence-electron chi connectivity index (χ2n) is 7.28. The van der Waals surface area contributed by atoms with E-state index in [0.717, 1.165) is 9.87 Å². The maximum atomic E-state index is 13.1. The van der Waals surface area contributed by atoms with Gasteiger partial charge in [-0.3, -0.25) is 4.79 Å². The number of aliphatic carboxylic acids is 1.